The van der Waals surface area contributed by atoms with E-state index in [1.54, 1.807) is 0 Å². The Labute approximate surface area is 123 Å². The molecular formula is C15H19FN4O. The lowest BCUT2D eigenvalue weighted by Gasteiger charge is -2.36. The molecule has 1 aromatic heterocycles. The van der Waals surface area contributed by atoms with Gasteiger partial charge in [0.1, 0.15) is 17.7 Å². The van der Waals surface area contributed by atoms with Crippen molar-refractivity contribution in [3.8, 4) is 0 Å². The summed E-state index contributed by atoms with van der Waals surface area (Å²) in [5.41, 5.74) is 1.10. The van der Waals surface area contributed by atoms with Crippen molar-refractivity contribution in [2.24, 2.45) is 0 Å². The number of hydrogen-bond acceptors (Lipinski definition) is 4. The quantitative estimate of drug-likeness (QED) is 0.943. The highest BCUT2D eigenvalue weighted by Crippen LogP contribution is 2.27. The maximum absolute atomic E-state index is 13.0. The molecular weight excluding hydrogens is 271 g/mol. The molecule has 0 unspecified atom stereocenters. The monoisotopic (exact) mass is 290 g/mol. The molecule has 0 bridgehead atoms. The molecule has 6 heteroatoms. The smallest absolute Gasteiger partial charge is 0.180 e. The minimum absolute atomic E-state index is 0.119. The van der Waals surface area contributed by atoms with Crippen LogP contribution in [0.1, 0.15) is 36.3 Å². The summed E-state index contributed by atoms with van der Waals surface area (Å²) in [6, 6.07) is 6.88. The van der Waals surface area contributed by atoms with Gasteiger partial charge in [-0.15, -0.1) is 0 Å². The van der Waals surface area contributed by atoms with E-state index in [0.717, 1.165) is 24.5 Å². The number of halogens is 1. The van der Waals surface area contributed by atoms with Gasteiger partial charge in [-0.05, 0) is 31.5 Å². The summed E-state index contributed by atoms with van der Waals surface area (Å²) in [5.74, 6) is 1.28. The van der Waals surface area contributed by atoms with E-state index in [1.165, 1.54) is 12.1 Å². The summed E-state index contributed by atoms with van der Waals surface area (Å²) in [5, 5.41) is 7.03. The number of aromatic amines is 1. The van der Waals surface area contributed by atoms with Gasteiger partial charge in [-0.1, -0.05) is 12.1 Å². The SMILES string of the molecule is Cc1nc([C@@H]2CN([C@@H](C)c3ccc(F)cc3)CCO2)n[nH]1. The van der Waals surface area contributed by atoms with Gasteiger partial charge < -0.3 is 4.74 Å². The molecule has 2 atom stereocenters. The minimum atomic E-state index is -0.206. The van der Waals surface area contributed by atoms with Gasteiger partial charge in [-0.3, -0.25) is 10.00 Å². The van der Waals surface area contributed by atoms with E-state index in [1.807, 2.05) is 19.1 Å². The lowest BCUT2D eigenvalue weighted by molar-refractivity contribution is -0.0470. The topological polar surface area (TPSA) is 54.0 Å². The summed E-state index contributed by atoms with van der Waals surface area (Å²) in [6.45, 7) is 6.22. The number of benzene rings is 1. The van der Waals surface area contributed by atoms with E-state index in [2.05, 4.69) is 27.0 Å². The molecule has 0 saturated carbocycles. The third kappa shape index (κ3) is 3.11. The average molecular weight is 290 g/mol. The van der Waals surface area contributed by atoms with Crippen LogP contribution in [0.5, 0.6) is 0 Å². The summed E-state index contributed by atoms with van der Waals surface area (Å²) in [6.07, 6.45) is -0.119. The number of nitrogens with zero attached hydrogens (tertiary/aromatic N) is 3. The standard InChI is InChI=1S/C15H19FN4O/c1-10(12-3-5-13(16)6-4-12)20-7-8-21-14(9-20)15-17-11(2)18-19-15/h3-6,10,14H,7-9H2,1-2H3,(H,17,18,19)/t10-,14-/m0/s1. The van der Waals surface area contributed by atoms with Gasteiger partial charge in [0.05, 0.1) is 6.61 Å². The van der Waals surface area contributed by atoms with Crippen LogP contribution in [-0.2, 0) is 4.74 Å². The number of aromatic nitrogens is 3. The van der Waals surface area contributed by atoms with Crippen LogP contribution < -0.4 is 0 Å². The molecule has 112 valence electrons. The lowest BCUT2D eigenvalue weighted by atomic mass is 10.1. The Morgan fingerprint density at radius 3 is 2.81 bits per heavy atom. The molecule has 1 aliphatic rings. The summed E-state index contributed by atoms with van der Waals surface area (Å²) in [7, 11) is 0. The van der Waals surface area contributed by atoms with Crippen LogP contribution in [0, 0.1) is 12.7 Å². The van der Waals surface area contributed by atoms with Gasteiger partial charge >= 0.3 is 0 Å². The molecule has 2 heterocycles. The van der Waals surface area contributed by atoms with Crippen molar-refractivity contribution >= 4 is 0 Å². The van der Waals surface area contributed by atoms with Crippen molar-refractivity contribution in [3.05, 3.63) is 47.3 Å². The normalized spacial score (nSPS) is 21.4. The van der Waals surface area contributed by atoms with Crippen molar-refractivity contribution in [1.29, 1.82) is 0 Å². The summed E-state index contributed by atoms with van der Waals surface area (Å²) in [4.78, 5) is 6.66. The molecule has 0 amide bonds. The first kappa shape index (κ1) is 14.2. The zero-order chi connectivity index (χ0) is 14.8. The number of ether oxygens (including phenoxy) is 1. The van der Waals surface area contributed by atoms with Crippen molar-refractivity contribution in [2.45, 2.75) is 26.0 Å². The van der Waals surface area contributed by atoms with Gasteiger partial charge in [0.2, 0.25) is 0 Å². The molecule has 1 fully saturated rings. The van der Waals surface area contributed by atoms with Gasteiger partial charge in [-0.2, -0.15) is 5.10 Å². The number of rotatable bonds is 3. The fraction of sp³-hybridized carbons (Fsp3) is 0.467. The zero-order valence-corrected chi connectivity index (χ0v) is 12.2. The Balaban J connectivity index is 1.72. The molecule has 1 saturated heterocycles. The Bertz CT molecular complexity index is 598. The van der Waals surface area contributed by atoms with Gasteiger partial charge in [0.15, 0.2) is 5.82 Å². The van der Waals surface area contributed by atoms with E-state index in [0.29, 0.717) is 12.4 Å². The van der Waals surface area contributed by atoms with Gasteiger partial charge in [0.25, 0.3) is 0 Å². The van der Waals surface area contributed by atoms with Crippen molar-refractivity contribution in [1.82, 2.24) is 20.1 Å². The first-order valence-corrected chi connectivity index (χ1v) is 7.13. The van der Waals surface area contributed by atoms with Crippen molar-refractivity contribution in [3.63, 3.8) is 0 Å². The Kier molecular flexibility index (Phi) is 3.98. The fourth-order valence-electron chi connectivity index (χ4n) is 2.63. The Morgan fingerprint density at radius 2 is 2.14 bits per heavy atom. The maximum atomic E-state index is 13.0. The van der Waals surface area contributed by atoms with Crippen molar-refractivity contribution < 1.29 is 9.13 Å². The molecule has 0 spiro atoms. The maximum Gasteiger partial charge on any atom is 0.180 e. The molecule has 1 N–H and O–H groups in total. The largest absolute Gasteiger partial charge is 0.367 e. The predicted octanol–water partition coefficient (Wildman–Crippen LogP) is 2.39. The predicted molar refractivity (Wildman–Crippen MR) is 76.2 cm³/mol. The van der Waals surface area contributed by atoms with Gasteiger partial charge in [-0.25, -0.2) is 9.37 Å². The number of H-pyrrole nitrogens is 1. The van der Waals surface area contributed by atoms with E-state index < -0.39 is 0 Å². The molecule has 0 aliphatic carbocycles. The van der Waals surface area contributed by atoms with Crippen LogP contribution in [0.25, 0.3) is 0 Å². The average Bonchev–Trinajstić information content (AvgIpc) is 2.94. The first-order chi connectivity index (χ1) is 10.1. The molecule has 2 aromatic rings. The highest BCUT2D eigenvalue weighted by atomic mass is 19.1. The number of hydrogen-bond donors (Lipinski definition) is 1. The Morgan fingerprint density at radius 1 is 1.38 bits per heavy atom. The molecule has 21 heavy (non-hydrogen) atoms. The van der Waals surface area contributed by atoms with E-state index >= 15 is 0 Å². The van der Waals surface area contributed by atoms with E-state index in [4.69, 9.17) is 4.74 Å². The van der Waals surface area contributed by atoms with E-state index in [-0.39, 0.29) is 18.0 Å². The molecule has 1 aliphatic heterocycles. The second-order valence-electron chi connectivity index (χ2n) is 5.36. The summed E-state index contributed by atoms with van der Waals surface area (Å²) >= 11 is 0. The van der Waals surface area contributed by atoms with Crippen LogP contribution in [0.2, 0.25) is 0 Å². The van der Waals surface area contributed by atoms with Gasteiger partial charge in [0, 0.05) is 19.1 Å². The lowest BCUT2D eigenvalue weighted by Crippen LogP contribution is -2.40. The third-order valence-electron chi connectivity index (χ3n) is 3.90. The molecule has 3 rings (SSSR count). The molecule has 1 aromatic carbocycles. The highest BCUT2D eigenvalue weighted by Gasteiger charge is 2.28. The Hall–Kier alpha value is -1.79. The molecule has 0 radical (unpaired) electrons. The van der Waals surface area contributed by atoms with Crippen LogP contribution in [0.15, 0.2) is 24.3 Å². The zero-order valence-electron chi connectivity index (χ0n) is 12.2. The van der Waals surface area contributed by atoms with Crippen LogP contribution in [0.4, 0.5) is 4.39 Å². The number of nitrogens with one attached hydrogen (secondary N) is 1. The first-order valence-electron chi connectivity index (χ1n) is 7.13. The molecule has 5 nitrogen and oxygen atoms in total. The van der Waals surface area contributed by atoms with Crippen LogP contribution >= 0.6 is 0 Å². The number of morpholine rings is 1. The number of aryl methyl sites for hydroxylation is 1. The van der Waals surface area contributed by atoms with E-state index in [9.17, 15) is 4.39 Å². The third-order valence-corrected chi connectivity index (χ3v) is 3.90. The summed E-state index contributed by atoms with van der Waals surface area (Å²) < 4.78 is 18.8. The fourth-order valence-corrected chi connectivity index (χ4v) is 2.63. The van der Waals surface area contributed by atoms with Crippen molar-refractivity contribution in [2.75, 3.05) is 19.7 Å². The second kappa shape index (κ2) is 5.91. The second-order valence-corrected chi connectivity index (χ2v) is 5.36. The minimum Gasteiger partial charge on any atom is -0.367 e. The van der Waals surface area contributed by atoms with Crippen LogP contribution in [-0.4, -0.2) is 39.8 Å². The highest BCUT2D eigenvalue weighted by molar-refractivity contribution is 5.19. The van der Waals surface area contributed by atoms with Crippen LogP contribution in [0.3, 0.4) is 0 Å².